The van der Waals surface area contributed by atoms with Crippen LogP contribution in [0.2, 0.25) is 0 Å². The molecule has 0 amide bonds. The maximum absolute atomic E-state index is 12.0. The first-order valence-corrected chi connectivity index (χ1v) is 9.10. The van der Waals surface area contributed by atoms with Crippen molar-refractivity contribution in [3.63, 3.8) is 0 Å². The highest BCUT2D eigenvalue weighted by atomic mass is 16.6. The zero-order valence-corrected chi connectivity index (χ0v) is 15.6. The molecule has 0 aliphatic carbocycles. The summed E-state index contributed by atoms with van der Waals surface area (Å²) in [6.45, 7) is 3.48. The number of ether oxygens (including phenoxy) is 3. The number of benzene rings is 4. The third-order valence-corrected chi connectivity index (χ3v) is 4.23. The maximum atomic E-state index is 12.0. The molecule has 4 aromatic carbocycles. The van der Waals surface area contributed by atoms with Crippen LogP contribution >= 0.6 is 0 Å². The van der Waals surface area contributed by atoms with Gasteiger partial charge in [0.2, 0.25) is 0 Å². The van der Waals surface area contributed by atoms with Gasteiger partial charge in [0.1, 0.15) is 17.2 Å². The lowest BCUT2D eigenvalue weighted by Crippen LogP contribution is -2.05. The van der Waals surface area contributed by atoms with Gasteiger partial charge in [-0.25, -0.2) is 4.79 Å². The van der Waals surface area contributed by atoms with Crippen molar-refractivity contribution in [2.45, 2.75) is 0 Å². The SMILES string of the molecule is C=CC(=O)Oc1cc(Oc2ccccc2)c2ccccc2c1Oc1ccccc1. The summed E-state index contributed by atoms with van der Waals surface area (Å²) in [5, 5.41) is 1.59. The van der Waals surface area contributed by atoms with Gasteiger partial charge in [0.25, 0.3) is 0 Å². The molecule has 4 heteroatoms. The van der Waals surface area contributed by atoms with Crippen molar-refractivity contribution in [2.24, 2.45) is 0 Å². The number of hydrogen-bond acceptors (Lipinski definition) is 4. The molecule has 0 atom stereocenters. The van der Waals surface area contributed by atoms with Gasteiger partial charge < -0.3 is 14.2 Å². The van der Waals surface area contributed by atoms with Gasteiger partial charge in [-0.3, -0.25) is 0 Å². The van der Waals surface area contributed by atoms with E-state index in [-0.39, 0.29) is 5.75 Å². The van der Waals surface area contributed by atoms with Gasteiger partial charge in [-0.05, 0) is 24.3 Å². The molecule has 0 spiro atoms. The van der Waals surface area contributed by atoms with E-state index < -0.39 is 5.97 Å². The molecule has 0 unspecified atom stereocenters. The summed E-state index contributed by atoms with van der Waals surface area (Å²) in [7, 11) is 0. The molecule has 0 saturated heterocycles. The Balaban J connectivity index is 1.87. The molecule has 0 saturated carbocycles. The average molecular weight is 382 g/mol. The van der Waals surface area contributed by atoms with Gasteiger partial charge in [-0.1, -0.05) is 67.2 Å². The molecular weight excluding hydrogens is 364 g/mol. The quantitative estimate of drug-likeness (QED) is 0.216. The number of fused-ring (bicyclic) bond motifs is 1. The lowest BCUT2D eigenvalue weighted by Gasteiger charge is -2.17. The molecule has 0 aliphatic rings. The number of esters is 1. The molecule has 4 aromatic rings. The first-order chi connectivity index (χ1) is 14.2. The summed E-state index contributed by atoms with van der Waals surface area (Å²) in [5.74, 6) is 1.97. The predicted molar refractivity (Wildman–Crippen MR) is 113 cm³/mol. The second-order valence-corrected chi connectivity index (χ2v) is 6.20. The Labute approximate surface area is 168 Å². The number of hydrogen-bond donors (Lipinski definition) is 0. The molecular formula is C25H18O4. The van der Waals surface area contributed by atoms with E-state index >= 15 is 0 Å². The Morgan fingerprint density at radius 1 is 0.690 bits per heavy atom. The second-order valence-electron chi connectivity index (χ2n) is 6.20. The minimum absolute atomic E-state index is 0.253. The molecule has 0 fully saturated rings. The molecule has 0 aliphatic heterocycles. The third kappa shape index (κ3) is 4.12. The van der Waals surface area contributed by atoms with Crippen molar-refractivity contribution in [1.82, 2.24) is 0 Å². The molecule has 142 valence electrons. The molecule has 29 heavy (non-hydrogen) atoms. The van der Waals surface area contributed by atoms with Crippen LogP contribution in [0.15, 0.2) is 104 Å². The van der Waals surface area contributed by atoms with Crippen molar-refractivity contribution in [2.75, 3.05) is 0 Å². The summed E-state index contributed by atoms with van der Waals surface area (Å²) < 4.78 is 17.7. The molecule has 0 N–H and O–H groups in total. The monoisotopic (exact) mass is 382 g/mol. The number of para-hydroxylation sites is 2. The largest absolute Gasteiger partial charge is 0.457 e. The fraction of sp³-hybridized carbons (Fsp3) is 0. The van der Waals surface area contributed by atoms with Crippen LogP contribution in [-0.4, -0.2) is 5.97 Å². The van der Waals surface area contributed by atoms with Crippen LogP contribution in [0.25, 0.3) is 10.8 Å². The van der Waals surface area contributed by atoms with Crippen molar-refractivity contribution < 1.29 is 19.0 Å². The lowest BCUT2D eigenvalue weighted by atomic mass is 10.1. The minimum atomic E-state index is -0.580. The topological polar surface area (TPSA) is 44.8 Å². The van der Waals surface area contributed by atoms with Crippen LogP contribution in [0.3, 0.4) is 0 Å². The van der Waals surface area contributed by atoms with Crippen molar-refractivity contribution >= 4 is 16.7 Å². The number of carbonyl (C=O) groups is 1. The molecule has 4 nitrogen and oxygen atoms in total. The van der Waals surface area contributed by atoms with Gasteiger partial charge in [-0.2, -0.15) is 0 Å². The first kappa shape index (κ1) is 18.3. The summed E-state index contributed by atoms with van der Waals surface area (Å²) in [4.78, 5) is 12.0. The van der Waals surface area contributed by atoms with E-state index in [0.29, 0.717) is 23.0 Å². The van der Waals surface area contributed by atoms with Crippen LogP contribution in [0.5, 0.6) is 28.7 Å². The number of carbonyl (C=O) groups excluding carboxylic acids is 1. The van der Waals surface area contributed by atoms with Crippen molar-refractivity contribution in [3.05, 3.63) is 104 Å². The van der Waals surface area contributed by atoms with Gasteiger partial charge in [0, 0.05) is 22.9 Å². The minimum Gasteiger partial charge on any atom is -0.457 e. The smallest absolute Gasteiger partial charge is 0.335 e. The third-order valence-electron chi connectivity index (χ3n) is 4.23. The Hall–Kier alpha value is -4.05. The van der Waals surface area contributed by atoms with E-state index in [0.717, 1.165) is 16.8 Å². The normalized spacial score (nSPS) is 10.3. The fourth-order valence-electron chi connectivity index (χ4n) is 2.93. The highest BCUT2D eigenvalue weighted by Gasteiger charge is 2.18. The zero-order valence-electron chi connectivity index (χ0n) is 15.6. The Morgan fingerprint density at radius 2 is 1.24 bits per heavy atom. The summed E-state index contributed by atoms with van der Waals surface area (Å²) in [6, 6.07) is 28.1. The lowest BCUT2D eigenvalue weighted by molar-refractivity contribution is -0.129. The molecule has 0 aromatic heterocycles. The molecule has 0 heterocycles. The Morgan fingerprint density at radius 3 is 1.86 bits per heavy atom. The van der Waals surface area contributed by atoms with Crippen molar-refractivity contribution in [1.29, 1.82) is 0 Å². The summed E-state index contributed by atoms with van der Waals surface area (Å²) >= 11 is 0. The first-order valence-electron chi connectivity index (χ1n) is 9.10. The van der Waals surface area contributed by atoms with Crippen LogP contribution < -0.4 is 14.2 Å². The van der Waals surface area contributed by atoms with Gasteiger partial charge in [0.05, 0.1) is 0 Å². The fourth-order valence-corrected chi connectivity index (χ4v) is 2.93. The van der Waals surface area contributed by atoms with E-state index in [1.807, 2.05) is 84.9 Å². The van der Waals surface area contributed by atoms with E-state index in [1.54, 1.807) is 6.07 Å². The standard InChI is InChI=1S/C25H18O4/c1-2-24(26)29-23-17-22(27-18-11-5-3-6-12-18)20-15-9-10-16-21(20)25(23)28-19-13-7-4-8-14-19/h2-17H,1H2. The average Bonchev–Trinajstić information content (AvgIpc) is 2.77. The molecule has 0 bridgehead atoms. The van der Waals surface area contributed by atoms with E-state index in [9.17, 15) is 4.79 Å². The van der Waals surface area contributed by atoms with Crippen molar-refractivity contribution in [3.8, 4) is 28.7 Å². The van der Waals surface area contributed by atoms with Crippen LogP contribution in [0, 0.1) is 0 Å². The molecule has 4 rings (SSSR count). The van der Waals surface area contributed by atoms with Gasteiger partial charge in [0.15, 0.2) is 11.5 Å². The molecule has 0 radical (unpaired) electrons. The maximum Gasteiger partial charge on any atom is 0.335 e. The van der Waals surface area contributed by atoms with Gasteiger partial charge >= 0.3 is 5.97 Å². The van der Waals surface area contributed by atoms with Gasteiger partial charge in [-0.15, -0.1) is 0 Å². The summed E-state index contributed by atoms with van der Waals surface area (Å²) in [5.41, 5.74) is 0. The van der Waals surface area contributed by atoms with Crippen LogP contribution in [-0.2, 0) is 4.79 Å². The van der Waals surface area contributed by atoms with E-state index in [4.69, 9.17) is 14.2 Å². The number of rotatable bonds is 6. The second kappa shape index (κ2) is 8.31. The zero-order chi connectivity index (χ0) is 20.1. The van der Waals surface area contributed by atoms with E-state index in [2.05, 4.69) is 6.58 Å². The van der Waals surface area contributed by atoms with E-state index in [1.165, 1.54) is 0 Å². The van der Waals surface area contributed by atoms with Crippen LogP contribution in [0.4, 0.5) is 0 Å². The Bertz CT molecular complexity index is 1150. The summed E-state index contributed by atoms with van der Waals surface area (Å²) in [6.07, 6.45) is 1.11. The predicted octanol–water partition coefficient (Wildman–Crippen LogP) is 6.52. The highest BCUT2D eigenvalue weighted by Crippen LogP contribution is 2.44. The highest BCUT2D eigenvalue weighted by molar-refractivity contribution is 5.97. The van der Waals surface area contributed by atoms with Crippen LogP contribution in [0.1, 0.15) is 0 Å². The Kier molecular flexibility index (Phi) is 5.25.